The third-order valence-electron chi connectivity index (χ3n) is 5.41. The summed E-state index contributed by atoms with van der Waals surface area (Å²) in [6, 6.07) is 17.2. The minimum absolute atomic E-state index is 0.151. The van der Waals surface area contributed by atoms with Crippen LogP contribution in [0.1, 0.15) is 23.2 Å². The van der Waals surface area contributed by atoms with E-state index < -0.39 is 12.0 Å². The molecule has 0 aromatic heterocycles. The van der Waals surface area contributed by atoms with E-state index in [1.54, 1.807) is 6.07 Å². The Kier molecular flexibility index (Phi) is 5.16. The molecule has 3 aromatic rings. The molecular formula is C23H22N2O4. The van der Waals surface area contributed by atoms with Gasteiger partial charge in [-0.05, 0) is 58.7 Å². The molecule has 6 heteroatoms. The summed E-state index contributed by atoms with van der Waals surface area (Å²) in [6.45, 7) is 0.347. The Morgan fingerprint density at radius 2 is 1.69 bits per heavy atom. The summed E-state index contributed by atoms with van der Waals surface area (Å²) in [6.07, 6.45) is 1.34. The number of hydrogen-bond donors (Lipinski definition) is 1. The number of likely N-dealkylation sites (tertiary alicyclic amines) is 1. The highest BCUT2D eigenvalue weighted by Crippen LogP contribution is 2.24. The first-order valence-electron chi connectivity index (χ1n) is 9.65. The Labute approximate surface area is 168 Å². The zero-order valence-electron chi connectivity index (χ0n) is 16.2. The molecule has 1 atom stereocenters. The molecule has 1 N–H and O–H groups in total. The highest BCUT2D eigenvalue weighted by molar-refractivity contribution is 6.03. The highest BCUT2D eigenvalue weighted by atomic mass is 16.5. The molecule has 1 saturated heterocycles. The van der Waals surface area contributed by atoms with Gasteiger partial charge in [-0.3, -0.25) is 9.59 Å². The van der Waals surface area contributed by atoms with Gasteiger partial charge >= 0.3 is 5.97 Å². The summed E-state index contributed by atoms with van der Waals surface area (Å²) in [5.41, 5.74) is 0.492. The molecule has 0 bridgehead atoms. The summed E-state index contributed by atoms with van der Waals surface area (Å²) in [5, 5.41) is 6.94. The molecule has 0 aliphatic carbocycles. The van der Waals surface area contributed by atoms with Gasteiger partial charge in [0.1, 0.15) is 6.04 Å². The quantitative estimate of drug-likeness (QED) is 0.549. The number of nitrogens with zero attached hydrogens (tertiary/aromatic N) is 1. The van der Waals surface area contributed by atoms with E-state index in [4.69, 9.17) is 4.74 Å². The molecule has 1 aliphatic rings. The largest absolute Gasteiger partial charge is 0.467 e. The zero-order chi connectivity index (χ0) is 20.4. The Morgan fingerprint density at radius 3 is 2.41 bits per heavy atom. The van der Waals surface area contributed by atoms with E-state index in [2.05, 4.69) is 23.5 Å². The first kappa shape index (κ1) is 18.9. The molecule has 148 valence electrons. The molecule has 0 saturated carbocycles. The normalized spacial score (nSPS) is 16.2. The Hall–Kier alpha value is -3.41. The number of hydrogen-bond acceptors (Lipinski definition) is 4. The van der Waals surface area contributed by atoms with Crippen molar-refractivity contribution in [1.82, 2.24) is 10.2 Å². The monoisotopic (exact) mass is 390 g/mol. The molecule has 1 aliphatic heterocycles. The molecule has 2 amide bonds. The molecule has 3 aromatic carbocycles. The van der Waals surface area contributed by atoms with Crippen molar-refractivity contribution in [3.63, 3.8) is 0 Å². The van der Waals surface area contributed by atoms with Gasteiger partial charge in [0.25, 0.3) is 5.91 Å². The van der Waals surface area contributed by atoms with Gasteiger partial charge < -0.3 is 15.0 Å². The number of esters is 1. The number of fused-ring (bicyclic) bond motifs is 2. The number of benzene rings is 3. The van der Waals surface area contributed by atoms with E-state index in [0.717, 1.165) is 28.0 Å². The lowest BCUT2D eigenvalue weighted by Gasteiger charge is -2.22. The number of ether oxygens (including phenoxy) is 1. The second-order valence-corrected chi connectivity index (χ2v) is 7.21. The molecule has 29 heavy (non-hydrogen) atoms. The first-order chi connectivity index (χ1) is 14.1. The third kappa shape index (κ3) is 3.78. The fraction of sp³-hybridized carbons (Fsp3) is 0.261. The fourth-order valence-corrected chi connectivity index (χ4v) is 3.89. The van der Waals surface area contributed by atoms with Crippen molar-refractivity contribution >= 4 is 39.3 Å². The standard InChI is InChI=1S/C23H22N2O4/c1-29-23(28)20-7-4-10-25(20)21(26)14-24-22(27)18-9-8-17-11-15-5-2-3-6-16(15)12-19(17)13-18/h2-3,5-6,8-9,11-13,20H,4,7,10,14H2,1H3,(H,24,27). The van der Waals surface area contributed by atoms with Crippen LogP contribution in [0.25, 0.3) is 21.5 Å². The fourth-order valence-electron chi connectivity index (χ4n) is 3.89. The molecule has 1 heterocycles. The Morgan fingerprint density at radius 1 is 1.00 bits per heavy atom. The predicted octanol–water partition coefficient (Wildman–Crippen LogP) is 2.89. The average Bonchev–Trinajstić information content (AvgIpc) is 3.25. The highest BCUT2D eigenvalue weighted by Gasteiger charge is 2.34. The predicted molar refractivity (Wildman–Crippen MR) is 111 cm³/mol. The van der Waals surface area contributed by atoms with Gasteiger partial charge in [0.15, 0.2) is 0 Å². The maximum atomic E-state index is 12.6. The van der Waals surface area contributed by atoms with Crippen molar-refractivity contribution in [2.45, 2.75) is 18.9 Å². The molecule has 4 rings (SSSR count). The Bertz CT molecular complexity index is 1110. The number of amides is 2. The van der Waals surface area contributed by atoms with E-state index in [1.807, 2.05) is 30.3 Å². The molecule has 0 radical (unpaired) electrons. The lowest BCUT2D eigenvalue weighted by atomic mass is 10.0. The summed E-state index contributed by atoms with van der Waals surface area (Å²) in [7, 11) is 1.31. The Balaban J connectivity index is 1.46. The summed E-state index contributed by atoms with van der Waals surface area (Å²) in [4.78, 5) is 38.3. The van der Waals surface area contributed by atoms with Crippen LogP contribution < -0.4 is 5.32 Å². The first-order valence-corrected chi connectivity index (χ1v) is 9.65. The topological polar surface area (TPSA) is 75.7 Å². The molecule has 0 spiro atoms. The number of rotatable bonds is 4. The van der Waals surface area contributed by atoms with Crippen molar-refractivity contribution in [3.05, 3.63) is 60.2 Å². The second-order valence-electron chi connectivity index (χ2n) is 7.21. The van der Waals surface area contributed by atoms with E-state index in [9.17, 15) is 14.4 Å². The third-order valence-corrected chi connectivity index (χ3v) is 5.41. The molecule has 1 fully saturated rings. The SMILES string of the molecule is COC(=O)C1CCCN1C(=O)CNC(=O)c1ccc2cc3ccccc3cc2c1. The summed E-state index contributed by atoms with van der Waals surface area (Å²) >= 11 is 0. The van der Waals surface area contributed by atoms with Gasteiger partial charge in [0.05, 0.1) is 13.7 Å². The minimum Gasteiger partial charge on any atom is -0.467 e. The van der Waals surface area contributed by atoms with Crippen LogP contribution in [0.15, 0.2) is 54.6 Å². The lowest BCUT2D eigenvalue weighted by molar-refractivity contribution is -0.150. The van der Waals surface area contributed by atoms with Crippen LogP contribution >= 0.6 is 0 Å². The van der Waals surface area contributed by atoms with Crippen LogP contribution in [0.5, 0.6) is 0 Å². The number of nitrogens with one attached hydrogen (secondary N) is 1. The van der Waals surface area contributed by atoms with Gasteiger partial charge in [-0.2, -0.15) is 0 Å². The number of methoxy groups -OCH3 is 1. The lowest BCUT2D eigenvalue weighted by Crippen LogP contribution is -2.45. The van der Waals surface area contributed by atoms with E-state index in [1.165, 1.54) is 12.0 Å². The van der Waals surface area contributed by atoms with Crippen molar-refractivity contribution in [3.8, 4) is 0 Å². The molecule has 1 unspecified atom stereocenters. The summed E-state index contributed by atoms with van der Waals surface area (Å²) < 4.78 is 4.76. The smallest absolute Gasteiger partial charge is 0.328 e. The van der Waals surface area contributed by atoms with Crippen LogP contribution in [0.2, 0.25) is 0 Å². The number of carbonyl (C=O) groups is 3. The van der Waals surface area contributed by atoms with Crippen LogP contribution in [0.4, 0.5) is 0 Å². The maximum absolute atomic E-state index is 12.6. The van der Waals surface area contributed by atoms with Crippen LogP contribution in [0, 0.1) is 0 Å². The van der Waals surface area contributed by atoms with E-state index in [-0.39, 0.29) is 18.4 Å². The molecule has 6 nitrogen and oxygen atoms in total. The zero-order valence-corrected chi connectivity index (χ0v) is 16.2. The van der Waals surface area contributed by atoms with E-state index >= 15 is 0 Å². The average molecular weight is 390 g/mol. The summed E-state index contributed by atoms with van der Waals surface area (Å²) in [5.74, 6) is -1.01. The van der Waals surface area contributed by atoms with Gasteiger partial charge in [-0.1, -0.05) is 30.3 Å². The maximum Gasteiger partial charge on any atom is 0.328 e. The van der Waals surface area contributed by atoms with Gasteiger partial charge in [-0.15, -0.1) is 0 Å². The van der Waals surface area contributed by atoms with Crippen molar-refractivity contribution < 1.29 is 19.1 Å². The minimum atomic E-state index is -0.557. The van der Waals surface area contributed by atoms with Crippen LogP contribution in [-0.4, -0.2) is 48.9 Å². The van der Waals surface area contributed by atoms with Crippen LogP contribution in [0.3, 0.4) is 0 Å². The van der Waals surface area contributed by atoms with Crippen molar-refractivity contribution in [2.75, 3.05) is 20.2 Å². The molecular weight excluding hydrogens is 368 g/mol. The van der Waals surface area contributed by atoms with Crippen molar-refractivity contribution in [2.24, 2.45) is 0 Å². The van der Waals surface area contributed by atoms with Gasteiger partial charge in [-0.25, -0.2) is 4.79 Å². The van der Waals surface area contributed by atoms with Crippen LogP contribution in [-0.2, 0) is 14.3 Å². The number of carbonyl (C=O) groups excluding carboxylic acids is 3. The van der Waals surface area contributed by atoms with E-state index in [0.29, 0.717) is 18.5 Å². The van der Waals surface area contributed by atoms with Crippen molar-refractivity contribution in [1.29, 1.82) is 0 Å². The van der Waals surface area contributed by atoms with Gasteiger partial charge in [0, 0.05) is 12.1 Å². The second kappa shape index (κ2) is 7.91. The van der Waals surface area contributed by atoms with Gasteiger partial charge in [0.2, 0.25) is 5.91 Å².